The maximum absolute atomic E-state index is 12.8. The smallest absolute Gasteiger partial charge is 0.416 e. The molecule has 2 aromatic heterocycles. The highest BCUT2D eigenvalue weighted by Crippen LogP contribution is 2.31. The van der Waals surface area contributed by atoms with Crippen molar-refractivity contribution in [2.75, 3.05) is 13.1 Å². The number of ether oxygens (including phenoxy) is 1. The molecule has 1 aliphatic heterocycles. The molecular weight excluding hydrogens is 369 g/mol. The van der Waals surface area contributed by atoms with Crippen molar-refractivity contribution in [3.8, 4) is 5.88 Å². The number of rotatable bonds is 5. The third-order valence-corrected chi connectivity index (χ3v) is 4.77. The van der Waals surface area contributed by atoms with Crippen LogP contribution in [0.5, 0.6) is 5.88 Å². The lowest BCUT2D eigenvalue weighted by molar-refractivity contribution is -0.137. The monoisotopic (exact) mass is 386 g/mol. The summed E-state index contributed by atoms with van der Waals surface area (Å²) in [5.41, 5.74) is -0.125. The molecule has 1 saturated heterocycles. The van der Waals surface area contributed by atoms with Gasteiger partial charge in [-0.1, -0.05) is 17.8 Å². The highest BCUT2D eigenvalue weighted by molar-refractivity contribution is 7.08. The van der Waals surface area contributed by atoms with Gasteiger partial charge in [0, 0.05) is 25.2 Å². The molecule has 0 radical (unpaired) electrons. The molecule has 1 aliphatic rings. The van der Waals surface area contributed by atoms with E-state index in [0.29, 0.717) is 36.5 Å². The summed E-state index contributed by atoms with van der Waals surface area (Å²) in [6.07, 6.45) is -1.72. The minimum Gasteiger partial charge on any atom is -0.472 e. The van der Waals surface area contributed by atoms with Crippen molar-refractivity contribution in [2.45, 2.75) is 38.5 Å². The molecule has 0 spiro atoms. The molecule has 10 heteroatoms. The number of aromatic nitrogens is 3. The zero-order chi connectivity index (χ0) is 18.7. The van der Waals surface area contributed by atoms with Gasteiger partial charge in [-0.05, 0) is 24.0 Å². The zero-order valence-electron chi connectivity index (χ0n) is 14.0. The first kappa shape index (κ1) is 18.6. The molecule has 3 heterocycles. The summed E-state index contributed by atoms with van der Waals surface area (Å²) in [4.78, 5) is 18.6. The van der Waals surface area contributed by atoms with E-state index in [1.165, 1.54) is 0 Å². The number of aryl methyl sites for hydroxylation is 1. The van der Waals surface area contributed by atoms with Crippen molar-refractivity contribution >= 4 is 17.4 Å². The van der Waals surface area contributed by atoms with Crippen LogP contribution >= 0.6 is 11.5 Å². The molecule has 0 bridgehead atoms. The summed E-state index contributed by atoms with van der Waals surface area (Å²) in [7, 11) is 0. The van der Waals surface area contributed by atoms with Crippen molar-refractivity contribution in [3.63, 3.8) is 0 Å². The second kappa shape index (κ2) is 7.56. The fraction of sp³-hybridized carbons (Fsp3) is 0.500. The topological polar surface area (TPSA) is 68.2 Å². The van der Waals surface area contributed by atoms with Crippen molar-refractivity contribution in [1.82, 2.24) is 19.5 Å². The predicted molar refractivity (Wildman–Crippen MR) is 88.1 cm³/mol. The van der Waals surface area contributed by atoms with Gasteiger partial charge in [-0.15, -0.1) is 5.10 Å². The Morgan fingerprint density at radius 2 is 2.27 bits per heavy atom. The molecule has 26 heavy (non-hydrogen) atoms. The SMILES string of the molecule is CCCc1nnsc1C(=O)N1CCC(Oc2cc(C(F)(F)F)ccn2)C1. The van der Waals surface area contributed by atoms with Crippen LogP contribution in [-0.2, 0) is 12.6 Å². The number of hydrogen-bond acceptors (Lipinski definition) is 6. The summed E-state index contributed by atoms with van der Waals surface area (Å²) in [6, 6.07) is 1.76. The first-order chi connectivity index (χ1) is 12.4. The molecule has 2 aromatic rings. The van der Waals surface area contributed by atoms with Crippen LogP contribution in [0.2, 0.25) is 0 Å². The number of halogens is 3. The summed E-state index contributed by atoms with van der Waals surface area (Å²) < 4.78 is 47.7. The molecule has 0 aliphatic carbocycles. The van der Waals surface area contributed by atoms with E-state index in [1.54, 1.807) is 4.90 Å². The largest absolute Gasteiger partial charge is 0.472 e. The number of carbonyl (C=O) groups excluding carboxylic acids is 1. The van der Waals surface area contributed by atoms with E-state index in [2.05, 4.69) is 14.6 Å². The van der Waals surface area contributed by atoms with E-state index in [-0.39, 0.29) is 11.8 Å². The lowest BCUT2D eigenvalue weighted by Gasteiger charge is -2.17. The van der Waals surface area contributed by atoms with Crippen molar-refractivity contribution in [3.05, 3.63) is 34.5 Å². The molecule has 6 nitrogen and oxygen atoms in total. The van der Waals surface area contributed by atoms with Gasteiger partial charge in [0.05, 0.1) is 17.8 Å². The molecule has 1 fully saturated rings. The van der Waals surface area contributed by atoms with Gasteiger partial charge in [0.2, 0.25) is 5.88 Å². The van der Waals surface area contributed by atoms with E-state index in [0.717, 1.165) is 36.3 Å². The molecule has 3 rings (SSSR count). The van der Waals surface area contributed by atoms with Crippen LogP contribution in [0.15, 0.2) is 18.3 Å². The van der Waals surface area contributed by atoms with Crippen LogP contribution in [0.1, 0.15) is 40.7 Å². The maximum atomic E-state index is 12.8. The van der Waals surface area contributed by atoms with Gasteiger partial charge in [0.15, 0.2) is 0 Å². The minimum absolute atomic E-state index is 0.0924. The Balaban J connectivity index is 1.64. The van der Waals surface area contributed by atoms with E-state index in [1.807, 2.05) is 6.92 Å². The Morgan fingerprint density at radius 3 is 3.00 bits per heavy atom. The zero-order valence-corrected chi connectivity index (χ0v) is 14.8. The van der Waals surface area contributed by atoms with Crippen LogP contribution < -0.4 is 4.74 Å². The lowest BCUT2D eigenvalue weighted by Crippen LogP contribution is -2.31. The molecular formula is C16H17F3N4O2S. The van der Waals surface area contributed by atoms with Gasteiger partial charge < -0.3 is 9.64 Å². The van der Waals surface area contributed by atoms with E-state index >= 15 is 0 Å². The van der Waals surface area contributed by atoms with E-state index < -0.39 is 17.8 Å². The lowest BCUT2D eigenvalue weighted by atomic mass is 10.2. The number of hydrogen-bond donors (Lipinski definition) is 0. The van der Waals surface area contributed by atoms with Gasteiger partial charge >= 0.3 is 6.18 Å². The Labute approximate surface area is 152 Å². The first-order valence-corrected chi connectivity index (χ1v) is 8.96. The second-order valence-corrected chi connectivity index (χ2v) is 6.71. The summed E-state index contributed by atoms with van der Waals surface area (Å²) in [5, 5.41) is 3.99. The third-order valence-electron chi connectivity index (χ3n) is 4.02. The Hall–Kier alpha value is -2.23. The van der Waals surface area contributed by atoms with Gasteiger partial charge in [0.1, 0.15) is 11.0 Å². The highest BCUT2D eigenvalue weighted by Gasteiger charge is 2.33. The molecule has 1 unspecified atom stereocenters. The maximum Gasteiger partial charge on any atom is 0.416 e. The van der Waals surface area contributed by atoms with Gasteiger partial charge in [-0.3, -0.25) is 4.79 Å². The molecule has 1 atom stereocenters. The average molecular weight is 386 g/mol. The second-order valence-electron chi connectivity index (χ2n) is 5.96. The quantitative estimate of drug-likeness (QED) is 0.789. The highest BCUT2D eigenvalue weighted by atomic mass is 32.1. The van der Waals surface area contributed by atoms with Crippen LogP contribution in [0.4, 0.5) is 13.2 Å². The Kier molecular flexibility index (Phi) is 5.40. The number of pyridine rings is 1. The summed E-state index contributed by atoms with van der Waals surface area (Å²) in [6.45, 7) is 2.75. The Bertz CT molecular complexity index is 781. The van der Waals surface area contributed by atoms with E-state index in [9.17, 15) is 18.0 Å². The van der Waals surface area contributed by atoms with Crippen molar-refractivity contribution in [1.29, 1.82) is 0 Å². The molecule has 0 aromatic carbocycles. The molecule has 0 saturated carbocycles. The molecule has 0 N–H and O–H groups in total. The average Bonchev–Trinajstić information content (AvgIpc) is 3.24. The fourth-order valence-corrected chi connectivity index (χ4v) is 3.42. The van der Waals surface area contributed by atoms with Crippen molar-refractivity contribution < 1.29 is 22.7 Å². The number of carbonyl (C=O) groups is 1. The Morgan fingerprint density at radius 1 is 1.46 bits per heavy atom. The number of likely N-dealkylation sites (tertiary alicyclic amines) is 1. The fourth-order valence-electron chi connectivity index (χ4n) is 2.74. The van der Waals surface area contributed by atoms with Gasteiger partial charge in [0.25, 0.3) is 5.91 Å². The van der Waals surface area contributed by atoms with Crippen LogP contribution in [0.3, 0.4) is 0 Å². The number of amides is 1. The number of nitrogens with zero attached hydrogens (tertiary/aromatic N) is 4. The van der Waals surface area contributed by atoms with Crippen molar-refractivity contribution in [2.24, 2.45) is 0 Å². The standard InChI is InChI=1S/C16H17F3N4O2S/c1-2-3-12-14(26-22-21-12)15(24)23-7-5-11(9-23)25-13-8-10(4-6-20-13)16(17,18)19/h4,6,8,11H,2-3,5,7,9H2,1H3. The molecule has 140 valence electrons. The predicted octanol–water partition coefficient (Wildman–Crippen LogP) is 3.20. The van der Waals surface area contributed by atoms with Gasteiger partial charge in [-0.2, -0.15) is 13.2 Å². The normalized spacial score (nSPS) is 17.5. The first-order valence-electron chi connectivity index (χ1n) is 8.19. The van der Waals surface area contributed by atoms with E-state index in [4.69, 9.17) is 4.74 Å². The van der Waals surface area contributed by atoms with Crippen LogP contribution in [-0.4, -0.2) is 44.6 Å². The minimum atomic E-state index is -4.45. The van der Waals surface area contributed by atoms with Gasteiger partial charge in [-0.25, -0.2) is 4.98 Å². The molecule has 1 amide bonds. The summed E-state index contributed by atoms with van der Waals surface area (Å²) in [5.74, 6) is -0.253. The van der Waals surface area contributed by atoms with Crippen LogP contribution in [0, 0.1) is 0 Å². The number of alkyl halides is 3. The summed E-state index contributed by atoms with van der Waals surface area (Å²) >= 11 is 1.06. The van der Waals surface area contributed by atoms with Crippen LogP contribution in [0.25, 0.3) is 0 Å². The third kappa shape index (κ3) is 4.12.